The number of pyridine rings is 1. The minimum absolute atomic E-state index is 0.0114. The number of hydrogen-bond donors (Lipinski definition) is 1. The van der Waals surface area contributed by atoms with Crippen molar-refractivity contribution in [3.63, 3.8) is 0 Å². The molecule has 0 amide bonds. The topological polar surface area (TPSA) is 42.1 Å². The van der Waals surface area contributed by atoms with Crippen LogP contribution in [0.2, 0.25) is 5.02 Å². The molecule has 90 valence electrons. The minimum atomic E-state index is -0.0114. The second-order valence-corrected chi connectivity index (χ2v) is 4.32. The van der Waals surface area contributed by atoms with E-state index in [1.807, 2.05) is 13.8 Å². The molecule has 0 aliphatic heterocycles. The van der Waals surface area contributed by atoms with Crippen LogP contribution in [0.4, 0.5) is 0 Å². The fraction of sp³-hybridized carbons (Fsp3) is 0.308. The molecule has 1 aromatic heterocycles. The zero-order valence-electron chi connectivity index (χ0n) is 10.1. The monoisotopic (exact) mass is 251 g/mol. The molecular weight excluding hydrogens is 238 g/mol. The average molecular weight is 252 g/mol. The van der Waals surface area contributed by atoms with Crippen molar-refractivity contribution >= 4 is 22.5 Å². The van der Waals surface area contributed by atoms with Crippen LogP contribution in [0.5, 0.6) is 5.75 Å². The lowest BCUT2D eigenvalue weighted by Crippen LogP contribution is -2.13. The number of fused-ring (bicyclic) bond motifs is 1. The predicted octanol–water partition coefficient (Wildman–Crippen LogP) is 3.06. The van der Waals surface area contributed by atoms with Gasteiger partial charge in [-0.3, -0.25) is 4.79 Å². The Kier molecular flexibility index (Phi) is 3.11. The Balaban J connectivity index is 3.00. The summed E-state index contributed by atoms with van der Waals surface area (Å²) in [5.41, 5.74) is 2.29. The van der Waals surface area contributed by atoms with Crippen LogP contribution < -0.4 is 10.2 Å². The van der Waals surface area contributed by atoms with Crippen molar-refractivity contribution in [2.75, 3.05) is 7.11 Å². The molecule has 0 saturated heterocycles. The van der Waals surface area contributed by atoms with Crippen LogP contribution >= 0.6 is 11.6 Å². The second kappa shape index (κ2) is 4.41. The van der Waals surface area contributed by atoms with Crippen LogP contribution in [0.3, 0.4) is 0 Å². The summed E-state index contributed by atoms with van der Waals surface area (Å²) in [6.07, 6.45) is 0.685. The molecule has 0 radical (unpaired) electrons. The Morgan fingerprint density at radius 2 is 2.12 bits per heavy atom. The van der Waals surface area contributed by atoms with Crippen molar-refractivity contribution in [3.05, 3.63) is 38.6 Å². The van der Waals surface area contributed by atoms with Gasteiger partial charge in [-0.2, -0.15) is 0 Å². The normalized spacial score (nSPS) is 10.8. The first-order valence-corrected chi connectivity index (χ1v) is 5.85. The number of aromatic nitrogens is 1. The van der Waals surface area contributed by atoms with E-state index in [0.29, 0.717) is 28.1 Å². The van der Waals surface area contributed by atoms with Crippen molar-refractivity contribution in [2.45, 2.75) is 20.3 Å². The standard InChI is InChI=1S/C13H14ClNO2/c1-4-8-7(2)15-12-10(17-3)6-5-9(14)11(12)13(8)16/h5-6H,4H2,1-3H3,(H,15,16). The number of halogens is 1. The lowest BCUT2D eigenvalue weighted by Gasteiger charge is -2.10. The van der Waals surface area contributed by atoms with Gasteiger partial charge in [0.15, 0.2) is 5.43 Å². The number of nitrogens with one attached hydrogen (secondary N) is 1. The van der Waals surface area contributed by atoms with Crippen LogP contribution in [-0.2, 0) is 6.42 Å². The lowest BCUT2D eigenvalue weighted by molar-refractivity contribution is 0.419. The summed E-state index contributed by atoms with van der Waals surface area (Å²) < 4.78 is 5.24. The van der Waals surface area contributed by atoms with E-state index in [1.165, 1.54) is 0 Å². The zero-order chi connectivity index (χ0) is 12.6. The SMILES string of the molecule is CCc1c(C)[nH]c2c(OC)ccc(Cl)c2c1=O. The fourth-order valence-electron chi connectivity index (χ4n) is 2.08. The van der Waals surface area contributed by atoms with Gasteiger partial charge in [-0.25, -0.2) is 0 Å². The molecule has 0 saturated carbocycles. The average Bonchev–Trinajstić information content (AvgIpc) is 2.29. The third-order valence-electron chi connectivity index (χ3n) is 2.96. The molecule has 0 spiro atoms. The smallest absolute Gasteiger partial charge is 0.194 e. The Labute approximate surface area is 104 Å². The summed E-state index contributed by atoms with van der Waals surface area (Å²) in [6.45, 7) is 3.84. The molecule has 1 aromatic carbocycles. The summed E-state index contributed by atoms with van der Waals surface area (Å²) in [6, 6.07) is 3.44. The van der Waals surface area contributed by atoms with Crippen molar-refractivity contribution in [3.8, 4) is 5.75 Å². The number of methoxy groups -OCH3 is 1. The zero-order valence-corrected chi connectivity index (χ0v) is 10.8. The second-order valence-electron chi connectivity index (χ2n) is 3.91. The van der Waals surface area contributed by atoms with E-state index in [-0.39, 0.29) is 5.43 Å². The van der Waals surface area contributed by atoms with E-state index in [9.17, 15) is 4.79 Å². The largest absolute Gasteiger partial charge is 0.495 e. The lowest BCUT2D eigenvalue weighted by atomic mass is 10.1. The summed E-state index contributed by atoms with van der Waals surface area (Å²) in [4.78, 5) is 15.5. The number of aromatic amines is 1. The highest BCUT2D eigenvalue weighted by Gasteiger charge is 2.13. The molecule has 3 nitrogen and oxygen atoms in total. The molecule has 0 aliphatic rings. The molecule has 0 atom stereocenters. The van der Waals surface area contributed by atoms with Gasteiger partial charge in [0.05, 0.1) is 23.0 Å². The van der Waals surface area contributed by atoms with Gasteiger partial charge in [0.25, 0.3) is 0 Å². The molecule has 4 heteroatoms. The van der Waals surface area contributed by atoms with E-state index < -0.39 is 0 Å². The van der Waals surface area contributed by atoms with Crippen LogP contribution in [0, 0.1) is 6.92 Å². The van der Waals surface area contributed by atoms with E-state index >= 15 is 0 Å². The number of rotatable bonds is 2. The molecule has 0 fully saturated rings. The maximum absolute atomic E-state index is 12.3. The van der Waals surface area contributed by atoms with Crippen LogP contribution in [0.25, 0.3) is 10.9 Å². The van der Waals surface area contributed by atoms with Gasteiger partial charge in [-0.05, 0) is 25.5 Å². The Morgan fingerprint density at radius 3 is 2.71 bits per heavy atom. The van der Waals surface area contributed by atoms with Crippen molar-refractivity contribution < 1.29 is 4.74 Å². The predicted molar refractivity (Wildman–Crippen MR) is 70.2 cm³/mol. The van der Waals surface area contributed by atoms with E-state index in [1.54, 1.807) is 19.2 Å². The maximum Gasteiger partial charge on any atom is 0.194 e. The third-order valence-corrected chi connectivity index (χ3v) is 3.27. The molecule has 2 rings (SSSR count). The molecular formula is C13H14ClNO2. The quantitative estimate of drug-likeness (QED) is 0.891. The number of benzene rings is 1. The molecule has 2 aromatic rings. The third kappa shape index (κ3) is 1.80. The Hall–Kier alpha value is -1.48. The number of aryl methyl sites for hydroxylation is 1. The van der Waals surface area contributed by atoms with Gasteiger partial charge in [-0.15, -0.1) is 0 Å². The van der Waals surface area contributed by atoms with E-state index in [0.717, 1.165) is 11.3 Å². The van der Waals surface area contributed by atoms with Crippen LogP contribution in [-0.4, -0.2) is 12.1 Å². The molecule has 0 aliphatic carbocycles. The summed E-state index contributed by atoms with van der Waals surface area (Å²) >= 11 is 6.10. The van der Waals surface area contributed by atoms with Gasteiger partial charge >= 0.3 is 0 Å². The number of hydrogen-bond acceptors (Lipinski definition) is 2. The highest BCUT2D eigenvalue weighted by atomic mass is 35.5. The van der Waals surface area contributed by atoms with Gasteiger partial charge in [-0.1, -0.05) is 18.5 Å². The number of H-pyrrole nitrogens is 1. The van der Waals surface area contributed by atoms with Gasteiger partial charge in [0, 0.05) is 11.3 Å². The minimum Gasteiger partial charge on any atom is -0.495 e. The van der Waals surface area contributed by atoms with Crippen molar-refractivity contribution in [1.82, 2.24) is 4.98 Å². The Morgan fingerprint density at radius 1 is 1.41 bits per heavy atom. The van der Waals surface area contributed by atoms with Crippen molar-refractivity contribution in [2.24, 2.45) is 0 Å². The summed E-state index contributed by atoms with van der Waals surface area (Å²) in [5.74, 6) is 0.632. The summed E-state index contributed by atoms with van der Waals surface area (Å²) in [7, 11) is 1.57. The first-order valence-electron chi connectivity index (χ1n) is 5.48. The highest BCUT2D eigenvalue weighted by molar-refractivity contribution is 6.35. The van der Waals surface area contributed by atoms with E-state index in [4.69, 9.17) is 16.3 Å². The molecule has 1 heterocycles. The molecule has 1 N–H and O–H groups in total. The van der Waals surface area contributed by atoms with Crippen LogP contribution in [0.15, 0.2) is 16.9 Å². The molecule has 0 unspecified atom stereocenters. The maximum atomic E-state index is 12.3. The Bertz CT molecular complexity index is 631. The van der Waals surface area contributed by atoms with E-state index in [2.05, 4.69) is 4.98 Å². The van der Waals surface area contributed by atoms with Crippen LogP contribution in [0.1, 0.15) is 18.2 Å². The summed E-state index contributed by atoms with van der Waals surface area (Å²) in [5, 5.41) is 0.963. The first-order chi connectivity index (χ1) is 8.10. The van der Waals surface area contributed by atoms with Gasteiger partial charge in [0.1, 0.15) is 5.75 Å². The number of ether oxygens (including phenoxy) is 1. The van der Waals surface area contributed by atoms with Crippen molar-refractivity contribution in [1.29, 1.82) is 0 Å². The molecule has 17 heavy (non-hydrogen) atoms. The first kappa shape index (κ1) is 12.0. The highest BCUT2D eigenvalue weighted by Crippen LogP contribution is 2.28. The fourth-order valence-corrected chi connectivity index (χ4v) is 2.33. The van der Waals surface area contributed by atoms with Gasteiger partial charge in [0.2, 0.25) is 0 Å². The van der Waals surface area contributed by atoms with Gasteiger partial charge < -0.3 is 9.72 Å². The molecule has 0 bridgehead atoms.